The third-order valence-corrected chi connectivity index (χ3v) is 5.09. The number of rotatable bonds is 4. The fraction of sp³-hybridized carbons (Fsp3) is 0.733. The Bertz CT molecular complexity index is 519. The van der Waals surface area contributed by atoms with Gasteiger partial charge in [0.25, 0.3) is 0 Å². The lowest BCUT2D eigenvalue weighted by Gasteiger charge is -2.29. The minimum Gasteiger partial charge on any atom is -0.354 e. The first-order valence-electron chi connectivity index (χ1n) is 7.91. The number of guanidine groups is 1. The maximum absolute atomic E-state index is 12.5. The number of nitrogens with one attached hydrogen (secondary N) is 2. The van der Waals surface area contributed by atoms with Gasteiger partial charge >= 0.3 is 6.18 Å². The van der Waals surface area contributed by atoms with E-state index in [2.05, 4.69) is 27.5 Å². The molecule has 0 aromatic carbocycles. The highest BCUT2D eigenvalue weighted by Gasteiger charge is 2.33. The van der Waals surface area contributed by atoms with Gasteiger partial charge in [0, 0.05) is 18.5 Å². The van der Waals surface area contributed by atoms with Crippen LogP contribution in [0.5, 0.6) is 0 Å². The second-order valence-corrected chi connectivity index (χ2v) is 6.76. The van der Waals surface area contributed by atoms with E-state index in [1.54, 1.807) is 7.05 Å². The van der Waals surface area contributed by atoms with Crippen molar-refractivity contribution in [1.82, 2.24) is 15.6 Å². The van der Waals surface area contributed by atoms with Gasteiger partial charge in [0.1, 0.15) is 5.01 Å². The summed E-state index contributed by atoms with van der Waals surface area (Å²) in [6, 6.07) is 0.381. The van der Waals surface area contributed by atoms with Crippen LogP contribution in [0.15, 0.2) is 10.4 Å². The largest absolute Gasteiger partial charge is 0.434 e. The summed E-state index contributed by atoms with van der Waals surface area (Å²) in [5.41, 5.74) is -0.833. The van der Waals surface area contributed by atoms with Crippen molar-refractivity contribution in [2.45, 2.75) is 57.8 Å². The van der Waals surface area contributed by atoms with Gasteiger partial charge < -0.3 is 10.6 Å². The predicted octanol–water partition coefficient (Wildman–Crippen LogP) is 3.80. The number of hydrogen-bond acceptors (Lipinski definition) is 3. The second kappa shape index (κ2) is 7.99. The first kappa shape index (κ1) is 18.0. The Labute approximate surface area is 138 Å². The zero-order valence-electron chi connectivity index (χ0n) is 13.4. The highest BCUT2D eigenvalue weighted by molar-refractivity contribution is 7.09. The van der Waals surface area contributed by atoms with Crippen molar-refractivity contribution in [2.75, 3.05) is 7.05 Å². The van der Waals surface area contributed by atoms with E-state index in [4.69, 9.17) is 0 Å². The Morgan fingerprint density at radius 2 is 2.04 bits per heavy atom. The van der Waals surface area contributed by atoms with Crippen molar-refractivity contribution >= 4 is 17.3 Å². The number of aromatic nitrogens is 1. The zero-order chi connectivity index (χ0) is 16.9. The summed E-state index contributed by atoms with van der Waals surface area (Å²) in [6.45, 7) is 2.47. The van der Waals surface area contributed by atoms with Crippen LogP contribution in [0.3, 0.4) is 0 Å². The second-order valence-electron chi connectivity index (χ2n) is 5.82. The van der Waals surface area contributed by atoms with Crippen LogP contribution in [0.4, 0.5) is 13.2 Å². The molecule has 1 aliphatic carbocycles. The number of hydrogen-bond donors (Lipinski definition) is 2. The molecule has 1 fully saturated rings. The molecule has 0 saturated heterocycles. The van der Waals surface area contributed by atoms with Gasteiger partial charge in [-0.25, -0.2) is 4.98 Å². The van der Waals surface area contributed by atoms with E-state index in [1.165, 1.54) is 19.3 Å². The number of nitrogens with zero attached hydrogens (tertiary/aromatic N) is 2. The molecule has 1 aromatic rings. The summed E-state index contributed by atoms with van der Waals surface area (Å²) < 4.78 is 37.6. The van der Waals surface area contributed by atoms with Crippen molar-refractivity contribution in [3.63, 3.8) is 0 Å². The fourth-order valence-electron chi connectivity index (χ4n) is 2.78. The quantitative estimate of drug-likeness (QED) is 0.643. The third-order valence-electron chi connectivity index (χ3n) is 4.24. The lowest BCUT2D eigenvalue weighted by molar-refractivity contribution is -0.140. The van der Waals surface area contributed by atoms with E-state index in [1.807, 2.05) is 0 Å². The van der Waals surface area contributed by atoms with Gasteiger partial charge in [-0.3, -0.25) is 4.99 Å². The minimum atomic E-state index is -4.38. The standard InChI is InChI=1S/C15H23F3N4S/c1-3-10-4-6-11(7-5-10)21-14(19-2)20-8-13-22-12(9-23-13)15(16,17)18/h9-11H,3-8H2,1-2H3,(H2,19,20,21). The summed E-state index contributed by atoms with van der Waals surface area (Å²) >= 11 is 1.00. The van der Waals surface area contributed by atoms with Gasteiger partial charge in [-0.15, -0.1) is 11.3 Å². The Hall–Kier alpha value is -1.31. The molecule has 130 valence electrons. The number of thiazole rings is 1. The van der Waals surface area contributed by atoms with Crippen LogP contribution in [-0.4, -0.2) is 24.0 Å². The first-order chi connectivity index (χ1) is 10.9. The van der Waals surface area contributed by atoms with Crippen LogP contribution < -0.4 is 10.6 Å². The highest BCUT2D eigenvalue weighted by Crippen LogP contribution is 2.30. The molecule has 2 rings (SSSR count). The van der Waals surface area contributed by atoms with E-state index in [-0.39, 0.29) is 6.54 Å². The lowest BCUT2D eigenvalue weighted by atomic mass is 9.84. The molecule has 4 nitrogen and oxygen atoms in total. The lowest BCUT2D eigenvalue weighted by Crippen LogP contribution is -2.44. The van der Waals surface area contributed by atoms with Gasteiger partial charge in [0.2, 0.25) is 0 Å². The average Bonchev–Trinajstić information content (AvgIpc) is 3.01. The number of aliphatic imine (C=N–C) groups is 1. The van der Waals surface area contributed by atoms with E-state index >= 15 is 0 Å². The highest BCUT2D eigenvalue weighted by atomic mass is 32.1. The summed E-state index contributed by atoms with van der Waals surface area (Å²) in [5.74, 6) is 1.44. The molecule has 1 aliphatic rings. The minimum absolute atomic E-state index is 0.241. The number of halogens is 3. The Morgan fingerprint density at radius 3 is 2.57 bits per heavy atom. The Morgan fingerprint density at radius 1 is 1.35 bits per heavy atom. The van der Waals surface area contributed by atoms with Gasteiger partial charge in [0.15, 0.2) is 11.7 Å². The molecule has 0 spiro atoms. The van der Waals surface area contributed by atoms with Crippen LogP contribution >= 0.6 is 11.3 Å². The molecule has 0 amide bonds. The molecule has 1 saturated carbocycles. The van der Waals surface area contributed by atoms with E-state index in [0.717, 1.165) is 35.5 Å². The molecule has 0 bridgehead atoms. The van der Waals surface area contributed by atoms with Crippen LogP contribution in [0.25, 0.3) is 0 Å². The smallest absolute Gasteiger partial charge is 0.354 e. The molecule has 1 heterocycles. The van der Waals surface area contributed by atoms with E-state index < -0.39 is 11.9 Å². The Balaban J connectivity index is 1.80. The topological polar surface area (TPSA) is 49.3 Å². The summed E-state index contributed by atoms with van der Waals surface area (Å²) in [5, 5.41) is 7.83. The molecular weight excluding hydrogens is 325 g/mol. The predicted molar refractivity (Wildman–Crippen MR) is 86.5 cm³/mol. The first-order valence-corrected chi connectivity index (χ1v) is 8.79. The number of alkyl halides is 3. The fourth-order valence-corrected chi connectivity index (χ4v) is 3.53. The molecule has 0 unspecified atom stereocenters. The van der Waals surface area contributed by atoms with Crippen LogP contribution in [-0.2, 0) is 12.7 Å². The van der Waals surface area contributed by atoms with Crippen molar-refractivity contribution in [3.8, 4) is 0 Å². The van der Waals surface area contributed by atoms with E-state index in [0.29, 0.717) is 17.0 Å². The molecular formula is C15H23F3N4S. The summed E-state index contributed by atoms with van der Waals surface area (Å²) in [6.07, 6.45) is 1.49. The molecule has 2 N–H and O–H groups in total. The third kappa shape index (κ3) is 5.37. The van der Waals surface area contributed by atoms with Crippen molar-refractivity contribution in [2.24, 2.45) is 10.9 Å². The summed E-state index contributed by atoms with van der Waals surface area (Å²) in [4.78, 5) is 7.74. The molecule has 1 aromatic heterocycles. The van der Waals surface area contributed by atoms with Crippen LogP contribution in [0.1, 0.15) is 49.7 Å². The van der Waals surface area contributed by atoms with Gasteiger partial charge in [-0.05, 0) is 31.6 Å². The molecule has 0 radical (unpaired) electrons. The molecule has 0 aliphatic heterocycles. The summed E-state index contributed by atoms with van der Waals surface area (Å²) in [7, 11) is 1.66. The monoisotopic (exact) mass is 348 g/mol. The van der Waals surface area contributed by atoms with Crippen molar-refractivity contribution in [1.29, 1.82) is 0 Å². The maximum atomic E-state index is 12.5. The van der Waals surface area contributed by atoms with Crippen LogP contribution in [0, 0.1) is 5.92 Å². The SMILES string of the molecule is CCC1CCC(NC(=NC)NCc2nc(C(F)(F)F)cs2)CC1. The van der Waals surface area contributed by atoms with Crippen molar-refractivity contribution in [3.05, 3.63) is 16.1 Å². The molecule has 0 atom stereocenters. The van der Waals surface area contributed by atoms with E-state index in [9.17, 15) is 13.2 Å². The van der Waals surface area contributed by atoms with Gasteiger partial charge in [-0.1, -0.05) is 13.3 Å². The molecule has 23 heavy (non-hydrogen) atoms. The zero-order valence-corrected chi connectivity index (χ0v) is 14.2. The Kier molecular flexibility index (Phi) is 6.26. The van der Waals surface area contributed by atoms with Gasteiger partial charge in [0.05, 0.1) is 6.54 Å². The maximum Gasteiger partial charge on any atom is 0.434 e. The normalized spacial score (nSPS) is 22.9. The van der Waals surface area contributed by atoms with Crippen LogP contribution in [0.2, 0.25) is 0 Å². The van der Waals surface area contributed by atoms with Crippen molar-refractivity contribution < 1.29 is 13.2 Å². The van der Waals surface area contributed by atoms with Gasteiger partial charge in [-0.2, -0.15) is 13.2 Å². The molecule has 8 heteroatoms. The average molecular weight is 348 g/mol.